The number of tetrazole rings is 1. The molecule has 196 valence electrons. The van der Waals surface area contributed by atoms with Crippen molar-refractivity contribution >= 4 is 0 Å². The first-order chi connectivity index (χ1) is 18.6. The smallest absolute Gasteiger partial charge is 0.334 e. The first-order valence-electron chi connectivity index (χ1n) is 13.0. The minimum atomic E-state index is -0.120. The van der Waals surface area contributed by atoms with E-state index in [-0.39, 0.29) is 12.3 Å². The van der Waals surface area contributed by atoms with E-state index in [9.17, 15) is 9.90 Å². The molecule has 0 spiro atoms. The number of imidazole rings is 1. The number of H-pyrrole nitrogens is 1. The molecule has 4 aromatic heterocycles. The Morgan fingerprint density at radius 2 is 1.87 bits per heavy atom. The number of pyridine rings is 1. The average molecular weight is 513 g/mol. The lowest BCUT2D eigenvalue weighted by Crippen LogP contribution is -2.26. The number of aromatic amines is 1. The molecule has 38 heavy (non-hydrogen) atoms. The lowest BCUT2D eigenvalue weighted by Gasteiger charge is -2.10. The van der Waals surface area contributed by atoms with Crippen LogP contribution in [0.2, 0.25) is 0 Å². The van der Waals surface area contributed by atoms with E-state index in [1.54, 1.807) is 4.57 Å². The second-order valence-electron chi connectivity index (χ2n) is 9.31. The molecule has 0 aliphatic carbocycles. The van der Waals surface area contributed by atoms with E-state index in [2.05, 4.69) is 34.5 Å². The van der Waals surface area contributed by atoms with Crippen LogP contribution in [0.25, 0.3) is 28.5 Å². The zero-order valence-corrected chi connectivity index (χ0v) is 21.7. The molecule has 2 N–H and O–H groups in total. The highest BCUT2D eigenvalue weighted by Gasteiger charge is 2.19. The van der Waals surface area contributed by atoms with E-state index in [0.29, 0.717) is 12.4 Å². The van der Waals surface area contributed by atoms with E-state index < -0.39 is 0 Å². The Morgan fingerprint density at radius 3 is 2.55 bits per heavy atom. The molecule has 10 nitrogen and oxygen atoms in total. The van der Waals surface area contributed by atoms with Crippen LogP contribution in [0, 0.1) is 0 Å². The minimum Gasteiger partial charge on any atom is -0.392 e. The number of aryl methyl sites for hydroxylation is 2. The predicted octanol–water partition coefficient (Wildman–Crippen LogP) is 3.98. The van der Waals surface area contributed by atoms with Crippen molar-refractivity contribution in [3.05, 3.63) is 88.4 Å². The zero-order chi connectivity index (χ0) is 26.5. The summed E-state index contributed by atoms with van der Waals surface area (Å²) in [5.74, 6) is 1.25. The second-order valence-corrected chi connectivity index (χ2v) is 9.31. The Bertz CT molecular complexity index is 1540. The number of rotatable bonds is 11. The van der Waals surface area contributed by atoms with E-state index in [1.165, 1.54) is 0 Å². The van der Waals surface area contributed by atoms with Crippen molar-refractivity contribution in [3.63, 3.8) is 0 Å². The van der Waals surface area contributed by atoms with Crippen LogP contribution in [0.15, 0.2) is 65.8 Å². The standard InChI is InChI=1S/C28H32N8O2/c1-3-5-8-22-18-36(27-21(19-37)13-15-34(27)14-4-2)28(38)35(22)17-20-11-12-25(29-16-20)23-9-6-7-10-24(23)26-30-32-33-31-26/h6-7,9-13,15-16,18,37H,3-5,8,14,17,19H2,1-2H3,(H,30,31,32,33). The molecule has 5 rings (SSSR count). The molecule has 0 atom stereocenters. The fraction of sp³-hybridized carbons (Fsp3) is 0.321. The highest BCUT2D eigenvalue weighted by atomic mass is 16.3. The summed E-state index contributed by atoms with van der Waals surface area (Å²) in [4.78, 5) is 18.4. The Morgan fingerprint density at radius 1 is 1.03 bits per heavy atom. The third-order valence-corrected chi connectivity index (χ3v) is 6.68. The molecule has 0 radical (unpaired) electrons. The number of hydrogen-bond donors (Lipinski definition) is 2. The maximum atomic E-state index is 13.7. The summed E-state index contributed by atoms with van der Waals surface area (Å²) in [6.07, 6.45) is 9.43. The van der Waals surface area contributed by atoms with Gasteiger partial charge in [0.25, 0.3) is 0 Å². The molecular formula is C28H32N8O2. The monoisotopic (exact) mass is 512 g/mol. The summed E-state index contributed by atoms with van der Waals surface area (Å²) in [7, 11) is 0. The van der Waals surface area contributed by atoms with Gasteiger partial charge in [0.05, 0.1) is 18.8 Å². The molecule has 5 aromatic rings. The minimum absolute atomic E-state index is 0.117. The molecule has 0 bridgehead atoms. The number of aromatic nitrogens is 8. The fourth-order valence-electron chi connectivity index (χ4n) is 4.79. The largest absolute Gasteiger partial charge is 0.392 e. The number of aliphatic hydroxyl groups excluding tert-OH is 1. The van der Waals surface area contributed by atoms with Gasteiger partial charge in [-0.2, -0.15) is 5.21 Å². The molecule has 0 aliphatic rings. The van der Waals surface area contributed by atoms with Crippen molar-refractivity contribution in [2.75, 3.05) is 0 Å². The van der Waals surface area contributed by atoms with Crippen molar-refractivity contribution in [2.24, 2.45) is 0 Å². The van der Waals surface area contributed by atoms with Crippen molar-refractivity contribution in [1.29, 1.82) is 0 Å². The number of nitrogens with zero attached hydrogens (tertiary/aromatic N) is 7. The van der Waals surface area contributed by atoms with Gasteiger partial charge in [-0.3, -0.25) is 14.1 Å². The van der Waals surface area contributed by atoms with E-state index in [0.717, 1.165) is 71.7 Å². The van der Waals surface area contributed by atoms with Crippen LogP contribution in [0.3, 0.4) is 0 Å². The summed E-state index contributed by atoms with van der Waals surface area (Å²) < 4.78 is 5.55. The van der Waals surface area contributed by atoms with E-state index in [1.807, 2.05) is 70.2 Å². The first-order valence-corrected chi connectivity index (χ1v) is 13.0. The number of benzene rings is 1. The van der Waals surface area contributed by atoms with Gasteiger partial charge in [-0.25, -0.2) is 4.79 Å². The normalized spacial score (nSPS) is 11.3. The van der Waals surface area contributed by atoms with Crippen LogP contribution in [-0.4, -0.2) is 44.4 Å². The molecule has 0 saturated heterocycles. The van der Waals surface area contributed by atoms with Gasteiger partial charge in [-0.15, -0.1) is 10.2 Å². The molecular weight excluding hydrogens is 480 g/mol. The van der Waals surface area contributed by atoms with Gasteiger partial charge in [0, 0.05) is 47.5 Å². The predicted molar refractivity (Wildman–Crippen MR) is 145 cm³/mol. The van der Waals surface area contributed by atoms with Crippen LogP contribution in [-0.2, 0) is 26.1 Å². The Kier molecular flexibility index (Phi) is 7.60. The molecule has 1 aromatic carbocycles. The molecule has 4 heterocycles. The van der Waals surface area contributed by atoms with Crippen LogP contribution in [0.1, 0.15) is 49.9 Å². The molecule has 0 aliphatic heterocycles. The lowest BCUT2D eigenvalue weighted by atomic mass is 10.0. The highest BCUT2D eigenvalue weighted by molar-refractivity contribution is 5.78. The Balaban J connectivity index is 1.49. The fourth-order valence-corrected chi connectivity index (χ4v) is 4.79. The van der Waals surface area contributed by atoms with Gasteiger partial charge in [0.15, 0.2) is 0 Å². The van der Waals surface area contributed by atoms with Gasteiger partial charge in [0.2, 0.25) is 5.82 Å². The highest BCUT2D eigenvalue weighted by Crippen LogP contribution is 2.28. The van der Waals surface area contributed by atoms with Crippen molar-refractivity contribution < 1.29 is 5.11 Å². The number of hydrogen-bond acceptors (Lipinski definition) is 6. The maximum Gasteiger partial charge on any atom is 0.334 e. The second kappa shape index (κ2) is 11.4. The van der Waals surface area contributed by atoms with Crippen LogP contribution >= 0.6 is 0 Å². The van der Waals surface area contributed by atoms with Crippen LogP contribution < -0.4 is 5.69 Å². The zero-order valence-electron chi connectivity index (χ0n) is 21.7. The van der Waals surface area contributed by atoms with Crippen molar-refractivity contribution in [1.82, 2.24) is 39.3 Å². The number of unbranched alkanes of at least 4 members (excludes halogenated alkanes) is 1. The van der Waals surface area contributed by atoms with Gasteiger partial charge < -0.3 is 9.67 Å². The van der Waals surface area contributed by atoms with Crippen molar-refractivity contribution in [3.8, 4) is 28.5 Å². The van der Waals surface area contributed by atoms with Crippen LogP contribution in [0.5, 0.6) is 0 Å². The van der Waals surface area contributed by atoms with Gasteiger partial charge in [-0.1, -0.05) is 50.6 Å². The third kappa shape index (κ3) is 4.95. The lowest BCUT2D eigenvalue weighted by molar-refractivity contribution is 0.281. The van der Waals surface area contributed by atoms with Gasteiger partial charge in [-0.05, 0) is 42.2 Å². The Labute approximate surface area is 220 Å². The molecule has 0 fully saturated rings. The van der Waals surface area contributed by atoms with Crippen molar-refractivity contribution in [2.45, 2.75) is 59.2 Å². The number of nitrogens with one attached hydrogen (secondary N) is 1. The SMILES string of the molecule is CCCCc1cn(-c2c(CO)ccn2CCC)c(=O)n1Cc1ccc(-c2ccccc2-c2nn[nH]n2)nc1. The average Bonchev–Trinajstić information content (AvgIpc) is 3.69. The number of aliphatic hydroxyl groups is 1. The van der Waals surface area contributed by atoms with Crippen LogP contribution in [0.4, 0.5) is 0 Å². The van der Waals surface area contributed by atoms with Gasteiger partial charge >= 0.3 is 5.69 Å². The summed E-state index contributed by atoms with van der Waals surface area (Å²) in [6.45, 7) is 5.30. The topological polar surface area (TPSA) is 119 Å². The van der Waals surface area contributed by atoms with E-state index in [4.69, 9.17) is 4.98 Å². The first kappa shape index (κ1) is 25.3. The molecule has 0 unspecified atom stereocenters. The Hall–Kier alpha value is -4.31. The summed E-state index contributed by atoms with van der Waals surface area (Å²) in [6, 6.07) is 13.6. The van der Waals surface area contributed by atoms with Gasteiger partial charge in [0.1, 0.15) is 5.82 Å². The third-order valence-electron chi connectivity index (χ3n) is 6.68. The summed E-state index contributed by atoms with van der Waals surface area (Å²) >= 11 is 0. The summed E-state index contributed by atoms with van der Waals surface area (Å²) in [5, 5.41) is 24.3. The quantitative estimate of drug-likeness (QED) is 0.276. The molecule has 0 amide bonds. The maximum absolute atomic E-state index is 13.7. The molecule has 0 saturated carbocycles. The molecule has 10 heteroatoms. The van der Waals surface area contributed by atoms with E-state index >= 15 is 0 Å². The summed E-state index contributed by atoms with van der Waals surface area (Å²) in [5.41, 5.74) is 5.05.